The van der Waals surface area contributed by atoms with Crippen LogP contribution in [0.5, 0.6) is 0 Å². The highest BCUT2D eigenvalue weighted by Crippen LogP contribution is 1.80. The second-order valence-corrected chi connectivity index (χ2v) is 2.71. The van der Waals surface area contributed by atoms with Gasteiger partial charge in [-0.2, -0.15) is 0 Å². The summed E-state index contributed by atoms with van der Waals surface area (Å²) in [4.78, 5) is 0. The highest BCUT2D eigenvalue weighted by Gasteiger charge is 1.85. The molecule has 67 valence electrons. The van der Waals surface area contributed by atoms with Crippen LogP contribution in [0.4, 0.5) is 0 Å². The van der Waals surface area contributed by atoms with Crippen molar-refractivity contribution in [2.75, 3.05) is 26.2 Å². The maximum Gasteiger partial charge on any atom is 0.00767 e. The van der Waals surface area contributed by atoms with Crippen LogP contribution in [0.25, 0.3) is 0 Å². The van der Waals surface area contributed by atoms with Crippen molar-refractivity contribution in [3.63, 3.8) is 0 Å². The average Bonchev–Trinajstić information content (AvgIpc) is 2.03. The third-order valence-electron chi connectivity index (χ3n) is 1.54. The third-order valence-corrected chi connectivity index (χ3v) is 1.54. The predicted octanol–water partition coefficient (Wildman–Crippen LogP) is 1.19. The van der Waals surface area contributed by atoms with Crippen LogP contribution in [0.15, 0.2) is 0 Å². The number of nitrogens with one attached hydrogen (secondary N) is 2. The van der Waals surface area contributed by atoms with E-state index in [1.165, 1.54) is 12.8 Å². The first-order valence-electron chi connectivity index (χ1n) is 4.62. The summed E-state index contributed by atoms with van der Waals surface area (Å²) in [5, 5.41) is 6.65. The van der Waals surface area contributed by atoms with Crippen molar-refractivity contribution in [3.05, 3.63) is 6.92 Å². The molecule has 2 heteroatoms. The van der Waals surface area contributed by atoms with Gasteiger partial charge in [-0.15, -0.1) is 0 Å². The zero-order valence-electron chi connectivity index (χ0n) is 7.66. The summed E-state index contributed by atoms with van der Waals surface area (Å²) in [6, 6.07) is 0. The molecule has 0 amide bonds. The van der Waals surface area contributed by atoms with Crippen LogP contribution in [0.3, 0.4) is 0 Å². The van der Waals surface area contributed by atoms with Gasteiger partial charge in [-0.1, -0.05) is 20.3 Å². The lowest BCUT2D eigenvalue weighted by Gasteiger charge is -2.03. The largest absolute Gasteiger partial charge is 0.315 e. The molecule has 2 nitrogen and oxygen atoms in total. The normalized spacial score (nSPS) is 10.4. The van der Waals surface area contributed by atoms with Crippen molar-refractivity contribution in [2.45, 2.75) is 26.2 Å². The van der Waals surface area contributed by atoms with E-state index in [-0.39, 0.29) is 0 Å². The topological polar surface area (TPSA) is 24.1 Å². The van der Waals surface area contributed by atoms with Crippen molar-refractivity contribution in [2.24, 2.45) is 0 Å². The van der Waals surface area contributed by atoms with Gasteiger partial charge in [-0.3, -0.25) is 0 Å². The zero-order chi connectivity index (χ0) is 8.36. The zero-order valence-corrected chi connectivity index (χ0v) is 7.66. The molecule has 0 saturated heterocycles. The Kier molecular flexibility index (Phi) is 9.85. The summed E-state index contributed by atoms with van der Waals surface area (Å²) in [6.45, 7) is 10.3. The Morgan fingerprint density at radius 1 is 1.00 bits per heavy atom. The average molecular weight is 157 g/mol. The molecule has 0 fully saturated rings. The van der Waals surface area contributed by atoms with Crippen LogP contribution in [0.2, 0.25) is 0 Å². The highest BCUT2D eigenvalue weighted by molar-refractivity contribution is 4.52. The SMILES string of the molecule is [CH2]CCNCCNCCCC. The van der Waals surface area contributed by atoms with Gasteiger partial charge in [0.05, 0.1) is 0 Å². The molecule has 0 atom stereocenters. The van der Waals surface area contributed by atoms with Crippen LogP contribution < -0.4 is 10.6 Å². The summed E-state index contributed by atoms with van der Waals surface area (Å²) < 4.78 is 0. The molecule has 0 heterocycles. The molecule has 0 aromatic rings. The fraction of sp³-hybridized carbons (Fsp3) is 0.889. The van der Waals surface area contributed by atoms with Gasteiger partial charge in [0.2, 0.25) is 0 Å². The van der Waals surface area contributed by atoms with E-state index in [0.29, 0.717) is 0 Å². The van der Waals surface area contributed by atoms with E-state index in [1.807, 2.05) is 0 Å². The Bertz CT molecular complexity index is 56.6. The lowest BCUT2D eigenvalue weighted by atomic mass is 10.3. The second kappa shape index (κ2) is 9.92. The summed E-state index contributed by atoms with van der Waals surface area (Å²) >= 11 is 0. The summed E-state index contributed by atoms with van der Waals surface area (Å²) in [6.07, 6.45) is 3.55. The van der Waals surface area contributed by atoms with Crippen molar-refractivity contribution in [1.29, 1.82) is 0 Å². The molecule has 0 rings (SSSR count). The van der Waals surface area contributed by atoms with Gasteiger partial charge in [0.1, 0.15) is 0 Å². The van der Waals surface area contributed by atoms with Gasteiger partial charge in [0, 0.05) is 13.1 Å². The first kappa shape index (κ1) is 10.9. The first-order chi connectivity index (χ1) is 5.41. The molecule has 0 saturated carbocycles. The Morgan fingerprint density at radius 3 is 2.18 bits per heavy atom. The number of unbranched alkanes of at least 4 members (excludes halogenated alkanes) is 1. The van der Waals surface area contributed by atoms with Gasteiger partial charge in [0.15, 0.2) is 0 Å². The van der Waals surface area contributed by atoms with Gasteiger partial charge in [0.25, 0.3) is 0 Å². The molecular formula is C9H21N2. The number of rotatable bonds is 8. The van der Waals surface area contributed by atoms with Crippen LogP contribution >= 0.6 is 0 Å². The smallest absolute Gasteiger partial charge is 0.00767 e. The molecule has 0 unspecified atom stereocenters. The van der Waals surface area contributed by atoms with E-state index in [9.17, 15) is 0 Å². The van der Waals surface area contributed by atoms with Crippen molar-refractivity contribution in [3.8, 4) is 0 Å². The van der Waals surface area contributed by atoms with Gasteiger partial charge < -0.3 is 10.6 Å². The van der Waals surface area contributed by atoms with Gasteiger partial charge in [-0.05, 0) is 25.9 Å². The molecule has 0 aliphatic rings. The Balaban J connectivity index is 2.69. The Morgan fingerprint density at radius 2 is 1.64 bits per heavy atom. The van der Waals surface area contributed by atoms with Crippen LogP contribution in [0, 0.1) is 6.92 Å². The van der Waals surface area contributed by atoms with E-state index in [2.05, 4.69) is 24.5 Å². The van der Waals surface area contributed by atoms with E-state index < -0.39 is 0 Å². The van der Waals surface area contributed by atoms with Crippen LogP contribution in [-0.2, 0) is 0 Å². The predicted molar refractivity (Wildman–Crippen MR) is 50.6 cm³/mol. The molecule has 0 aliphatic carbocycles. The molecule has 0 aromatic heterocycles. The molecule has 0 aliphatic heterocycles. The fourth-order valence-electron chi connectivity index (χ4n) is 0.854. The van der Waals surface area contributed by atoms with Crippen LogP contribution in [0.1, 0.15) is 26.2 Å². The number of hydrogen-bond donors (Lipinski definition) is 2. The Hall–Kier alpha value is -0.0800. The maximum absolute atomic E-state index is 3.75. The first-order valence-corrected chi connectivity index (χ1v) is 4.62. The minimum absolute atomic E-state index is 0.981. The van der Waals surface area contributed by atoms with Gasteiger partial charge in [-0.25, -0.2) is 0 Å². The van der Waals surface area contributed by atoms with Crippen molar-refractivity contribution in [1.82, 2.24) is 10.6 Å². The van der Waals surface area contributed by atoms with Crippen molar-refractivity contribution >= 4 is 0 Å². The van der Waals surface area contributed by atoms with Crippen LogP contribution in [-0.4, -0.2) is 26.2 Å². The van der Waals surface area contributed by atoms with E-state index in [1.54, 1.807) is 0 Å². The van der Waals surface area contributed by atoms with E-state index in [4.69, 9.17) is 0 Å². The monoisotopic (exact) mass is 157 g/mol. The van der Waals surface area contributed by atoms with Crippen molar-refractivity contribution < 1.29 is 0 Å². The molecule has 11 heavy (non-hydrogen) atoms. The molecule has 2 N–H and O–H groups in total. The molecular weight excluding hydrogens is 136 g/mol. The lowest BCUT2D eigenvalue weighted by molar-refractivity contribution is 0.595. The third kappa shape index (κ3) is 9.92. The second-order valence-electron chi connectivity index (χ2n) is 2.71. The Labute approximate surface area is 70.8 Å². The minimum Gasteiger partial charge on any atom is -0.315 e. The summed E-state index contributed by atoms with van der Waals surface area (Å²) in [5.41, 5.74) is 0. The molecule has 0 bridgehead atoms. The number of hydrogen-bond acceptors (Lipinski definition) is 2. The van der Waals surface area contributed by atoms with E-state index >= 15 is 0 Å². The standard InChI is InChI=1S/C9H21N2/c1-3-5-7-11-9-8-10-6-4-2/h10-11H,2-9H2,1H3. The summed E-state index contributed by atoms with van der Waals surface area (Å²) in [5.74, 6) is 0. The molecule has 1 radical (unpaired) electrons. The summed E-state index contributed by atoms with van der Waals surface area (Å²) in [7, 11) is 0. The molecule has 0 spiro atoms. The van der Waals surface area contributed by atoms with E-state index in [0.717, 1.165) is 32.6 Å². The minimum atomic E-state index is 0.981. The highest BCUT2D eigenvalue weighted by atomic mass is 14.9. The molecule has 0 aromatic carbocycles. The van der Waals surface area contributed by atoms with Gasteiger partial charge >= 0.3 is 0 Å². The quantitative estimate of drug-likeness (QED) is 0.517. The lowest BCUT2D eigenvalue weighted by Crippen LogP contribution is -2.28. The maximum atomic E-state index is 3.75. The fourth-order valence-corrected chi connectivity index (χ4v) is 0.854.